The highest BCUT2D eigenvalue weighted by Gasteiger charge is 2.25. The lowest BCUT2D eigenvalue weighted by atomic mass is 10.1. The topological polar surface area (TPSA) is 54.5 Å². The second-order valence-corrected chi connectivity index (χ2v) is 8.54. The lowest BCUT2D eigenvalue weighted by molar-refractivity contribution is 0.0854. The molecule has 1 fully saturated rings. The van der Waals surface area contributed by atoms with Gasteiger partial charge in [0.05, 0.1) is 5.69 Å². The van der Waals surface area contributed by atoms with Crippen molar-refractivity contribution in [1.82, 2.24) is 10.3 Å². The van der Waals surface area contributed by atoms with Crippen LogP contribution >= 0.6 is 22.9 Å². The Balaban J connectivity index is 1.73. The Morgan fingerprint density at radius 1 is 1.33 bits per heavy atom. The van der Waals surface area contributed by atoms with Crippen LogP contribution < -0.4 is 10.2 Å². The number of carbonyl (C=O) groups excluding carboxylic acids is 1. The standard InChI is InChI=1S/C20H26ClN3O2S/c1-13(2)17-18(19(25)22-12-14-4-6-15(21)7-5-14)27-20(23-17)24(3)16-8-10-26-11-9-16/h4-7,13,16H,8-12H2,1-3H3,(H,22,25). The molecule has 146 valence electrons. The highest BCUT2D eigenvalue weighted by molar-refractivity contribution is 7.17. The highest BCUT2D eigenvalue weighted by atomic mass is 35.5. The van der Waals surface area contributed by atoms with Crippen LogP contribution in [0.4, 0.5) is 5.13 Å². The molecular formula is C20H26ClN3O2S. The molecule has 1 aliphatic heterocycles. The molecule has 0 aliphatic carbocycles. The molecule has 5 nitrogen and oxygen atoms in total. The first-order valence-corrected chi connectivity index (χ1v) is 10.5. The zero-order valence-electron chi connectivity index (χ0n) is 16.0. The van der Waals surface area contributed by atoms with Gasteiger partial charge in [-0.1, -0.05) is 48.9 Å². The molecular weight excluding hydrogens is 382 g/mol. The number of ether oxygens (including phenoxy) is 1. The number of aromatic nitrogens is 1. The summed E-state index contributed by atoms with van der Waals surface area (Å²) in [6, 6.07) is 7.91. The Morgan fingerprint density at radius 2 is 2.00 bits per heavy atom. The predicted molar refractivity (Wildman–Crippen MR) is 111 cm³/mol. The molecule has 1 amide bonds. The molecule has 0 unspecified atom stereocenters. The monoisotopic (exact) mass is 407 g/mol. The number of benzene rings is 1. The molecule has 1 aromatic heterocycles. The predicted octanol–water partition coefficient (Wildman–Crippen LogP) is 4.47. The van der Waals surface area contributed by atoms with Gasteiger partial charge in [-0.05, 0) is 36.5 Å². The van der Waals surface area contributed by atoms with Crippen LogP contribution in [0.3, 0.4) is 0 Å². The van der Waals surface area contributed by atoms with Crippen molar-refractivity contribution in [3.8, 4) is 0 Å². The van der Waals surface area contributed by atoms with E-state index in [4.69, 9.17) is 21.3 Å². The molecule has 3 rings (SSSR count). The van der Waals surface area contributed by atoms with Gasteiger partial charge < -0.3 is 15.0 Å². The fraction of sp³-hybridized carbons (Fsp3) is 0.500. The summed E-state index contributed by atoms with van der Waals surface area (Å²) in [5, 5.41) is 4.61. The van der Waals surface area contributed by atoms with Crippen molar-refractivity contribution < 1.29 is 9.53 Å². The first-order chi connectivity index (χ1) is 13.0. The smallest absolute Gasteiger partial charge is 0.263 e. The van der Waals surface area contributed by atoms with Crippen molar-refractivity contribution in [1.29, 1.82) is 0 Å². The van der Waals surface area contributed by atoms with Crippen LogP contribution in [0.2, 0.25) is 5.02 Å². The molecule has 1 saturated heterocycles. The molecule has 2 heterocycles. The summed E-state index contributed by atoms with van der Waals surface area (Å²) in [7, 11) is 2.06. The van der Waals surface area contributed by atoms with E-state index in [0.717, 1.165) is 42.4 Å². The number of hydrogen-bond donors (Lipinski definition) is 1. The minimum Gasteiger partial charge on any atom is -0.381 e. The zero-order valence-corrected chi connectivity index (χ0v) is 17.6. The van der Waals surface area contributed by atoms with E-state index in [1.807, 2.05) is 24.3 Å². The number of thiazole rings is 1. The van der Waals surface area contributed by atoms with Crippen molar-refractivity contribution in [2.24, 2.45) is 0 Å². The van der Waals surface area contributed by atoms with Gasteiger partial charge in [-0.25, -0.2) is 4.98 Å². The molecule has 2 aromatic rings. The summed E-state index contributed by atoms with van der Waals surface area (Å²) >= 11 is 7.39. The summed E-state index contributed by atoms with van der Waals surface area (Å²) < 4.78 is 5.46. The summed E-state index contributed by atoms with van der Waals surface area (Å²) in [6.45, 7) is 6.18. The second-order valence-electron chi connectivity index (χ2n) is 7.13. The van der Waals surface area contributed by atoms with E-state index in [1.165, 1.54) is 11.3 Å². The summed E-state index contributed by atoms with van der Waals surface area (Å²) in [4.78, 5) is 20.5. The van der Waals surface area contributed by atoms with E-state index in [-0.39, 0.29) is 11.8 Å². The number of rotatable bonds is 6. The third kappa shape index (κ3) is 5.00. The maximum Gasteiger partial charge on any atom is 0.263 e. The first-order valence-electron chi connectivity index (χ1n) is 9.29. The molecule has 0 saturated carbocycles. The van der Waals surface area contributed by atoms with Crippen LogP contribution in [-0.4, -0.2) is 37.2 Å². The fourth-order valence-corrected chi connectivity index (χ4v) is 4.41. The van der Waals surface area contributed by atoms with Gasteiger partial charge >= 0.3 is 0 Å². The quantitative estimate of drug-likeness (QED) is 0.767. The van der Waals surface area contributed by atoms with E-state index in [1.54, 1.807) is 0 Å². The Bertz CT molecular complexity index is 770. The van der Waals surface area contributed by atoms with E-state index in [0.29, 0.717) is 22.5 Å². The number of hydrogen-bond acceptors (Lipinski definition) is 5. The van der Waals surface area contributed by atoms with Gasteiger partial charge in [0.2, 0.25) is 0 Å². The molecule has 0 radical (unpaired) electrons. The van der Waals surface area contributed by atoms with Crippen LogP contribution in [0.25, 0.3) is 0 Å². The molecule has 1 aromatic carbocycles. The lowest BCUT2D eigenvalue weighted by Gasteiger charge is -2.30. The van der Waals surface area contributed by atoms with Crippen molar-refractivity contribution >= 4 is 34.0 Å². The minimum absolute atomic E-state index is 0.0715. The van der Waals surface area contributed by atoms with Crippen LogP contribution in [0.5, 0.6) is 0 Å². The van der Waals surface area contributed by atoms with Crippen molar-refractivity contribution in [3.63, 3.8) is 0 Å². The first kappa shape index (κ1) is 20.1. The Labute approximate surface area is 169 Å². The number of anilines is 1. The van der Waals surface area contributed by atoms with Gasteiger partial charge in [0.25, 0.3) is 5.91 Å². The molecule has 1 N–H and O–H groups in total. The number of nitrogens with one attached hydrogen (secondary N) is 1. The molecule has 0 bridgehead atoms. The Kier molecular flexibility index (Phi) is 6.73. The SMILES string of the molecule is CC(C)c1nc(N(C)C2CCOCC2)sc1C(=O)NCc1ccc(Cl)cc1. The summed E-state index contributed by atoms with van der Waals surface area (Å²) in [6.07, 6.45) is 1.98. The summed E-state index contributed by atoms with van der Waals surface area (Å²) in [5.41, 5.74) is 1.88. The van der Waals surface area contributed by atoms with Crippen LogP contribution in [0, 0.1) is 0 Å². The molecule has 0 atom stereocenters. The van der Waals surface area contributed by atoms with Crippen LogP contribution in [0.1, 0.15) is 53.5 Å². The average molecular weight is 408 g/mol. The van der Waals surface area contributed by atoms with E-state index >= 15 is 0 Å². The summed E-state index contributed by atoms with van der Waals surface area (Å²) in [5.74, 6) is 0.118. The second kappa shape index (κ2) is 9.04. The third-order valence-corrected chi connectivity index (χ3v) is 6.21. The minimum atomic E-state index is -0.0715. The molecule has 7 heteroatoms. The largest absolute Gasteiger partial charge is 0.381 e. The molecule has 27 heavy (non-hydrogen) atoms. The zero-order chi connectivity index (χ0) is 19.4. The van der Waals surface area contributed by atoms with E-state index < -0.39 is 0 Å². The Hall–Kier alpha value is -1.63. The molecule has 1 aliphatic rings. The maximum absolute atomic E-state index is 12.8. The lowest BCUT2D eigenvalue weighted by Crippen LogP contribution is -2.36. The maximum atomic E-state index is 12.8. The van der Waals surface area contributed by atoms with Crippen molar-refractivity contribution in [2.75, 3.05) is 25.2 Å². The molecule has 0 spiro atoms. The third-order valence-electron chi connectivity index (χ3n) is 4.80. The number of carbonyl (C=O) groups is 1. The van der Waals surface area contributed by atoms with Crippen molar-refractivity contribution in [2.45, 2.75) is 45.2 Å². The van der Waals surface area contributed by atoms with Gasteiger partial charge in [0, 0.05) is 37.9 Å². The van der Waals surface area contributed by atoms with Gasteiger partial charge in [0.1, 0.15) is 4.88 Å². The normalized spacial score (nSPS) is 15.1. The van der Waals surface area contributed by atoms with Gasteiger partial charge in [0.15, 0.2) is 5.13 Å². The van der Waals surface area contributed by atoms with Gasteiger partial charge in [-0.2, -0.15) is 0 Å². The Morgan fingerprint density at radius 3 is 2.63 bits per heavy atom. The van der Waals surface area contributed by atoms with E-state index in [2.05, 4.69) is 31.1 Å². The highest BCUT2D eigenvalue weighted by Crippen LogP contribution is 2.32. The van der Waals surface area contributed by atoms with Gasteiger partial charge in [-0.3, -0.25) is 4.79 Å². The van der Waals surface area contributed by atoms with Crippen molar-refractivity contribution in [3.05, 3.63) is 45.4 Å². The van der Waals surface area contributed by atoms with Gasteiger partial charge in [-0.15, -0.1) is 0 Å². The van der Waals surface area contributed by atoms with E-state index in [9.17, 15) is 4.79 Å². The fourth-order valence-electron chi connectivity index (χ4n) is 3.12. The van der Waals surface area contributed by atoms with Crippen LogP contribution in [-0.2, 0) is 11.3 Å². The van der Waals surface area contributed by atoms with Crippen LogP contribution in [0.15, 0.2) is 24.3 Å². The number of nitrogens with zero attached hydrogens (tertiary/aromatic N) is 2. The number of amides is 1. The average Bonchev–Trinajstić information content (AvgIpc) is 3.13. The number of halogens is 1.